The summed E-state index contributed by atoms with van der Waals surface area (Å²) in [5.41, 5.74) is 2.79. The molecule has 0 fully saturated rings. The number of hydrogen-bond donors (Lipinski definition) is 0. The third-order valence-corrected chi connectivity index (χ3v) is 10.2. The predicted octanol–water partition coefficient (Wildman–Crippen LogP) is 6.08. The molecule has 0 nitrogen and oxygen atoms in total. The van der Waals surface area contributed by atoms with Crippen molar-refractivity contribution in [3.8, 4) is 0 Å². The minimum absolute atomic E-state index is 0.877. The first-order valence-electron chi connectivity index (χ1n) is 9.52. The molecule has 2 heteroatoms. The van der Waals surface area contributed by atoms with Crippen LogP contribution in [0.25, 0.3) is 0 Å². The normalized spacial score (nSPS) is 11.3. The lowest BCUT2D eigenvalue weighted by atomic mass is 10.1. The van der Waals surface area contributed by atoms with E-state index in [1.165, 1.54) is 27.0 Å². The van der Waals surface area contributed by atoms with Gasteiger partial charge in [-0.3, -0.25) is 0 Å². The first-order chi connectivity index (χ1) is 13.8. The summed E-state index contributed by atoms with van der Waals surface area (Å²) in [7, 11) is -1.84. The van der Waals surface area contributed by atoms with Gasteiger partial charge in [-0.2, -0.15) is 0 Å². The van der Waals surface area contributed by atoms with Crippen molar-refractivity contribution in [1.82, 2.24) is 0 Å². The van der Waals surface area contributed by atoms with E-state index in [0.29, 0.717) is 0 Å². The van der Waals surface area contributed by atoms with Crippen LogP contribution in [0.15, 0.2) is 115 Å². The smallest absolute Gasteiger partial charge is 0.0876 e. The fourth-order valence-electron chi connectivity index (χ4n) is 3.87. The lowest BCUT2D eigenvalue weighted by Crippen LogP contribution is -2.32. The Bertz CT molecular complexity index is 917. The van der Waals surface area contributed by atoms with E-state index < -0.39 is 7.26 Å². The maximum Gasteiger partial charge on any atom is 0.116 e. The lowest BCUT2D eigenvalue weighted by molar-refractivity contribution is 1.28. The van der Waals surface area contributed by atoms with Crippen LogP contribution in [0, 0.1) is 0 Å². The molecule has 0 saturated carbocycles. The molecule has 0 N–H and O–H groups in total. The van der Waals surface area contributed by atoms with E-state index in [0.717, 1.165) is 11.5 Å². The van der Waals surface area contributed by atoms with Gasteiger partial charge in [-0.05, 0) is 47.5 Å². The Morgan fingerprint density at radius 1 is 0.464 bits per heavy atom. The van der Waals surface area contributed by atoms with Gasteiger partial charge in [0.1, 0.15) is 23.2 Å². The van der Waals surface area contributed by atoms with Crippen LogP contribution in [0.2, 0.25) is 0 Å². The van der Waals surface area contributed by atoms with Crippen molar-refractivity contribution in [1.29, 1.82) is 0 Å². The first-order valence-corrected chi connectivity index (χ1v) is 12.6. The van der Waals surface area contributed by atoms with Crippen LogP contribution in [0.1, 0.15) is 11.1 Å². The summed E-state index contributed by atoms with van der Waals surface area (Å²) in [5, 5.41) is 5.16. The summed E-state index contributed by atoms with van der Waals surface area (Å²) >= 11 is 3.70. The molecule has 0 aliphatic carbocycles. The minimum atomic E-state index is -1.84. The highest BCUT2D eigenvalue weighted by Crippen LogP contribution is 2.58. The topological polar surface area (TPSA) is 0 Å². The average molecular weight is 446 g/mol. The highest BCUT2D eigenvalue weighted by atomic mass is 79.9. The molecule has 0 aromatic heterocycles. The van der Waals surface area contributed by atoms with Crippen LogP contribution in [0.5, 0.6) is 0 Å². The quantitative estimate of drug-likeness (QED) is 0.249. The molecule has 0 unspecified atom stereocenters. The van der Waals surface area contributed by atoms with Gasteiger partial charge in [0.05, 0.1) is 6.16 Å². The molecule has 4 aromatic rings. The van der Waals surface area contributed by atoms with Crippen molar-refractivity contribution in [2.45, 2.75) is 11.5 Å². The van der Waals surface area contributed by atoms with E-state index in [2.05, 4.69) is 131 Å². The Labute approximate surface area is 176 Å². The SMILES string of the molecule is BrCc1ccccc1C[P+](c1ccccc1)(c1ccccc1)c1ccccc1. The maximum absolute atomic E-state index is 3.70. The lowest BCUT2D eigenvalue weighted by Gasteiger charge is -2.28. The third kappa shape index (κ3) is 3.70. The van der Waals surface area contributed by atoms with Crippen LogP contribution in [-0.4, -0.2) is 0 Å². The number of halogens is 1. The second-order valence-corrected chi connectivity index (χ2v) is 10.9. The average Bonchev–Trinajstić information content (AvgIpc) is 2.79. The Morgan fingerprint density at radius 2 is 0.821 bits per heavy atom. The first kappa shape index (κ1) is 19.1. The van der Waals surface area contributed by atoms with Gasteiger partial charge < -0.3 is 0 Å². The molecule has 0 saturated heterocycles. The standard InChI is InChI=1S/C26H23BrP/c27-20-22-12-10-11-13-23(22)21-28(24-14-4-1-5-15-24,25-16-6-2-7-17-25)26-18-8-3-9-19-26/h1-19H,20-21H2/q+1. The molecule has 0 radical (unpaired) electrons. The molecule has 138 valence electrons. The van der Waals surface area contributed by atoms with Crippen LogP contribution >= 0.6 is 23.2 Å². The second kappa shape index (κ2) is 8.86. The summed E-state index contributed by atoms with van der Waals surface area (Å²) in [6.45, 7) is 0. The zero-order chi connectivity index (χ0) is 19.2. The van der Waals surface area contributed by atoms with Crippen molar-refractivity contribution in [3.05, 3.63) is 126 Å². The van der Waals surface area contributed by atoms with Crippen molar-refractivity contribution in [3.63, 3.8) is 0 Å². The zero-order valence-electron chi connectivity index (χ0n) is 15.7. The van der Waals surface area contributed by atoms with E-state index >= 15 is 0 Å². The van der Waals surface area contributed by atoms with Gasteiger partial charge in [-0.1, -0.05) is 94.8 Å². The molecule has 4 aromatic carbocycles. The van der Waals surface area contributed by atoms with Crippen molar-refractivity contribution < 1.29 is 0 Å². The minimum Gasteiger partial charge on any atom is -0.0876 e. The highest BCUT2D eigenvalue weighted by Gasteiger charge is 2.45. The van der Waals surface area contributed by atoms with Crippen LogP contribution < -0.4 is 15.9 Å². The Balaban J connectivity index is 2.01. The van der Waals surface area contributed by atoms with E-state index in [4.69, 9.17) is 0 Å². The summed E-state index contributed by atoms with van der Waals surface area (Å²) in [6.07, 6.45) is 1.02. The Hall–Kier alpha value is -2.21. The molecule has 0 aliphatic heterocycles. The molecule has 0 bridgehead atoms. The Morgan fingerprint density at radius 3 is 1.21 bits per heavy atom. The monoisotopic (exact) mass is 445 g/mol. The van der Waals surface area contributed by atoms with Crippen LogP contribution in [0.4, 0.5) is 0 Å². The molecular weight excluding hydrogens is 423 g/mol. The summed E-state index contributed by atoms with van der Waals surface area (Å²) in [6, 6.07) is 42.1. The van der Waals surface area contributed by atoms with Gasteiger partial charge in [0.2, 0.25) is 0 Å². The molecule has 0 amide bonds. The van der Waals surface area contributed by atoms with E-state index in [1.54, 1.807) is 0 Å². The van der Waals surface area contributed by atoms with E-state index in [9.17, 15) is 0 Å². The van der Waals surface area contributed by atoms with Gasteiger partial charge in [-0.15, -0.1) is 0 Å². The summed E-state index contributed by atoms with van der Waals surface area (Å²) in [4.78, 5) is 0. The van der Waals surface area contributed by atoms with Gasteiger partial charge in [-0.25, -0.2) is 0 Å². The van der Waals surface area contributed by atoms with Gasteiger partial charge in [0, 0.05) is 5.33 Å². The van der Waals surface area contributed by atoms with Gasteiger partial charge in [0.25, 0.3) is 0 Å². The molecule has 0 spiro atoms. The second-order valence-electron chi connectivity index (χ2n) is 6.88. The van der Waals surface area contributed by atoms with Gasteiger partial charge >= 0.3 is 0 Å². The number of hydrogen-bond acceptors (Lipinski definition) is 0. The molecule has 4 rings (SSSR count). The number of alkyl halides is 1. The molecule has 28 heavy (non-hydrogen) atoms. The maximum atomic E-state index is 3.70. The predicted molar refractivity (Wildman–Crippen MR) is 128 cm³/mol. The van der Waals surface area contributed by atoms with E-state index in [1.807, 2.05) is 0 Å². The summed E-state index contributed by atoms with van der Waals surface area (Å²) in [5.74, 6) is 0. The van der Waals surface area contributed by atoms with Crippen LogP contribution in [0.3, 0.4) is 0 Å². The fourth-order valence-corrected chi connectivity index (χ4v) is 8.72. The Kier molecular flexibility index (Phi) is 6.05. The molecular formula is C26H23BrP+. The van der Waals surface area contributed by atoms with Gasteiger partial charge in [0.15, 0.2) is 0 Å². The molecule has 0 aliphatic rings. The number of benzene rings is 4. The van der Waals surface area contributed by atoms with Crippen molar-refractivity contribution in [2.75, 3.05) is 0 Å². The largest absolute Gasteiger partial charge is 0.116 e. The number of rotatable bonds is 6. The van der Waals surface area contributed by atoms with Crippen molar-refractivity contribution >= 4 is 39.1 Å². The fraction of sp³-hybridized carbons (Fsp3) is 0.0769. The van der Waals surface area contributed by atoms with Crippen molar-refractivity contribution in [2.24, 2.45) is 0 Å². The molecule has 0 heterocycles. The highest BCUT2D eigenvalue weighted by molar-refractivity contribution is 9.08. The molecule has 0 atom stereocenters. The third-order valence-electron chi connectivity index (χ3n) is 5.26. The zero-order valence-corrected chi connectivity index (χ0v) is 18.2. The van der Waals surface area contributed by atoms with Crippen LogP contribution in [-0.2, 0) is 11.5 Å². The van der Waals surface area contributed by atoms with E-state index in [-0.39, 0.29) is 0 Å². The summed E-state index contributed by atoms with van der Waals surface area (Å²) < 4.78 is 0.